The van der Waals surface area contributed by atoms with Crippen molar-refractivity contribution in [2.45, 2.75) is 0 Å². The van der Waals surface area contributed by atoms with Gasteiger partial charge in [-0.15, -0.1) is 13.2 Å². The number of carbonyl (C=O) groups is 1. The van der Waals surface area contributed by atoms with Gasteiger partial charge in [-0.05, 0) is 12.2 Å². The van der Waals surface area contributed by atoms with E-state index in [1.165, 1.54) is 0 Å². The summed E-state index contributed by atoms with van der Waals surface area (Å²) >= 11 is 4.09. The van der Waals surface area contributed by atoms with Crippen molar-refractivity contribution < 1.29 is 4.79 Å². The zero-order chi connectivity index (χ0) is 9.15. The topological polar surface area (TPSA) is 121 Å². The van der Waals surface area contributed by atoms with E-state index in [2.05, 4.69) is 48.3 Å². The van der Waals surface area contributed by atoms with Crippen LogP contribution in [0.25, 0.3) is 0 Å². The summed E-state index contributed by atoms with van der Waals surface area (Å²) in [6, 6.07) is -0.833. The molecule has 6 heteroatoms. The van der Waals surface area contributed by atoms with E-state index in [0.29, 0.717) is 0 Å². The van der Waals surface area contributed by atoms with Crippen LogP contribution in [0.1, 0.15) is 0 Å². The van der Waals surface area contributed by atoms with Gasteiger partial charge in [-0.2, -0.15) is 0 Å². The molecule has 10 heavy (non-hydrogen) atoms. The van der Waals surface area contributed by atoms with Crippen molar-refractivity contribution in [1.29, 1.82) is 0 Å². The molecule has 0 spiro atoms. The summed E-state index contributed by atoms with van der Waals surface area (Å²) in [5, 5.41) is 0.000000000000000222. The van der Waals surface area contributed by atoms with Crippen LogP contribution in [0.5, 0.6) is 0 Å². The molecule has 0 heterocycles. The second kappa shape index (κ2) is 15.6. The molecule has 0 saturated heterocycles. The van der Waals surface area contributed by atoms with Crippen molar-refractivity contribution in [2.75, 3.05) is 0 Å². The Hall–Kier alpha value is -1.30. The van der Waals surface area contributed by atoms with E-state index in [0.717, 1.165) is 0 Å². The van der Waals surface area contributed by atoms with Crippen molar-refractivity contribution in [3.63, 3.8) is 0 Å². The van der Waals surface area contributed by atoms with Gasteiger partial charge in [0.1, 0.15) is 0 Å². The number of hydrogen-bond donors (Lipinski definition) is 4. The van der Waals surface area contributed by atoms with Crippen molar-refractivity contribution in [3.8, 4) is 0 Å². The molecular weight excluding hydrogens is 152 g/mol. The van der Waals surface area contributed by atoms with E-state index in [4.69, 9.17) is 4.79 Å². The van der Waals surface area contributed by atoms with Gasteiger partial charge in [-0.3, -0.25) is 0 Å². The number of primary amides is 2. The molecule has 0 saturated carbocycles. The van der Waals surface area contributed by atoms with Crippen LogP contribution in [-0.4, -0.2) is 11.1 Å². The van der Waals surface area contributed by atoms with Crippen LogP contribution in [0.15, 0.2) is 13.2 Å². The van der Waals surface area contributed by atoms with Crippen molar-refractivity contribution >= 4 is 23.4 Å². The van der Waals surface area contributed by atoms with E-state index >= 15 is 0 Å². The minimum absolute atomic E-state index is 0.000000000000000222. The predicted molar refractivity (Wildman–Crippen MR) is 46.0 cm³/mol. The minimum atomic E-state index is -0.833. The second-order valence-corrected chi connectivity index (χ2v) is 1.28. The lowest BCUT2D eigenvalue weighted by Gasteiger charge is -1.68. The summed E-state index contributed by atoms with van der Waals surface area (Å²) in [4.78, 5) is 9.00. The van der Waals surface area contributed by atoms with Gasteiger partial charge in [0.25, 0.3) is 0 Å². The fraction of sp³-hybridized carbons (Fsp3) is 0. The highest BCUT2D eigenvalue weighted by atomic mass is 32.1. The third-order valence-electron chi connectivity index (χ3n) is 0. The summed E-state index contributed by atoms with van der Waals surface area (Å²) in [7, 11) is 0. The predicted octanol–water partition coefficient (Wildman–Crippen LogP) is -0.985. The summed E-state index contributed by atoms with van der Waals surface area (Å²) in [6.45, 7) is 6.00. The largest absolute Gasteiger partial charge is 0.377 e. The minimum Gasteiger partial charge on any atom is -0.377 e. The van der Waals surface area contributed by atoms with E-state index in [1.807, 2.05) is 0 Å². The highest BCUT2D eigenvalue weighted by molar-refractivity contribution is 7.80. The number of rotatable bonds is 0. The molecule has 0 rings (SSSR count). The molecule has 0 aromatic heterocycles. The monoisotopic (exact) mass is 164 g/mol. The molecule has 0 aliphatic heterocycles. The molecular formula is C4H12N4OS. The normalized spacial score (nSPS) is 5.20. The van der Waals surface area contributed by atoms with Crippen molar-refractivity contribution in [2.24, 2.45) is 22.9 Å². The maximum atomic E-state index is 9.00. The van der Waals surface area contributed by atoms with E-state index < -0.39 is 6.03 Å². The first kappa shape index (κ1) is 15.9. The Bertz CT molecular complexity index is 85.4. The summed E-state index contributed by atoms with van der Waals surface area (Å²) in [5.41, 5.74) is 17.7. The number of urea groups is 1. The molecule has 0 aliphatic carbocycles. The van der Waals surface area contributed by atoms with Gasteiger partial charge in [0.15, 0.2) is 5.11 Å². The number of hydrogen-bond acceptors (Lipinski definition) is 2. The maximum Gasteiger partial charge on any atom is 0.309 e. The fourth-order valence-corrected chi connectivity index (χ4v) is 0. The second-order valence-electron chi connectivity index (χ2n) is 0.805. The zero-order valence-electron chi connectivity index (χ0n) is 5.54. The zero-order valence-corrected chi connectivity index (χ0v) is 6.36. The third-order valence-corrected chi connectivity index (χ3v) is 0. The SMILES string of the molecule is C=C.NC(N)=O.NC(N)=S. The summed E-state index contributed by atoms with van der Waals surface area (Å²) in [6.07, 6.45) is 0. The lowest BCUT2D eigenvalue weighted by Crippen LogP contribution is -2.18. The highest BCUT2D eigenvalue weighted by Crippen LogP contribution is 1.32. The molecule has 5 nitrogen and oxygen atoms in total. The fourth-order valence-electron chi connectivity index (χ4n) is 0. The Morgan fingerprint density at radius 3 is 1.10 bits per heavy atom. The number of nitrogens with two attached hydrogens (primary N) is 4. The molecule has 0 atom stereocenters. The van der Waals surface area contributed by atoms with E-state index in [1.54, 1.807) is 0 Å². The van der Waals surface area contributed by atoms with Crippen molar-refractivity contribution in [3.05, 3.63) is 13.2 Å². The van der Waals surface area contributed by atoms with Crippen LogP contribution in [0, 0.1) is 0 Å². The Morgan fingerprint density at radius 2 is 1.10 bits per heavy atom. The molecule has 0 radical (unpaired) electrons. The molecule has 0 aromatic carbocycles. The van der Waals surface area contributed by atoms with E-state index in [9.17, 15) is 0 Å². The Morgan fingerprint density at radius 1 is 1.10 bits per heavy atom. The van der Waals surface area contributed by atoms with Crippen LogP contribution >= 0.6 is 12.2 Å². The molecule has 0 unspecified atom stereocenters. The number of amides is 2. The summed E-state index contributed by atoms with van der Waals surface area (Å²) < 4.78 is 0. The molecule has 2 amide bonds. The molecule has 0 aliphatic rings. The smallest absolute Gasteiger partial charge is 0.309 e. The molecule has 0 aromatic rings. The first-order chi connectivity index (χ1) is 4.46. The molecule has 0 bridgehead atoms. The average molecular weight is 164 g/mol. The maximum absolute atomic E-state index is 9.00. The van der Waals surface area contributed by atoms with Crippen molar-refractivity contribution in [1.82, 2.24) is 0 Å². The molecule has 8 N–H and O–H groups in total. The van der Waals surface area contributed by atoms with Crippen LogP contribution in [0.2, 0.25) is 0 Å². The summed E-state index contributed by atoms with van der Waals surface area (Å²) in [5.74, 6) is 0. The highest BCUT2D eigenvalue weighted by Gasteiger charge is 1.60. The molecule has 60 valence electrons. The average Bonchev–Trinajstić information content (AvgIpc) is 1.66. The Kier molecular flexibility index (Phi) is 24.8. The van der Waals surface area contributed by atoms with Crippen LogP contribution in [0.3, 0.4) is 0 Å². The number of thiocarbonyl (C=S) groups is 1. The van der Waals surface area contributed by atoms with E-state index in [-0.39, 0.29) is 5.11 Å². The van der Waals surface area contributed by atoms with Gasteiger partial charge in [0, 0.05) is 0 Å². The first-order valence-electron chi connectivity index (χ1n) is 2.06. The van der Waals surface area contributed by atoms with Crippen LogP contribution in [-0.2, 0) is 0 Å². The quantitative estimate of drug-likeness (QED) is 0.271. The lowest BCUT2D eigenvalue weighted by atomic mass is 11.2. The lowest BCUT2D eigenvalue weighted by molar-refractivity contribution is 0.256. The molecule has 0 fully saturated rings. The van der Waals surface area contributed by atoms with Gasteiger partial charge >= 0.3 is 6.03 Å². The third kappa shape index (κ3) is 129. The van der Waals surface area contributed by atoms with Gasteiger partial charge in [-0.25, -0.2) is 4.79 Å². The van der Waals surface area contributed by atoms with Gasteiger partial charge < -0.3 is 22.9 Å². The standard InChI is InChI=1S/C2H4.CH4N2O.CH4N2S/c1-2;2*2-1(3)4/h1-2H2;2*(H4,2,3,4). The van der Waals surface area contributed by atoms with Crippen LogP contribution < -0.4 is 22.9 Å². The van der Waals surface area contributed by atoms with Gasteiger partial charge in [-0.1, -0.05) is 0 Å². The van der Waals surface area contributed by atoms with Gasteiger partial charge in [0.2, 0.25) is 0 Å². The Balaban J connectivity index is -0.0000000787. The van der Waals surface area contributed by atoms with Gasteiger partial charge in [0.05, 0.1) is 0 Å². The van der Waals surface area contributed by atoms with Crippen LogP contribution in [0.4, 0.5) is 4.79 Å². The first-order valence-corrected chi connectivity index (χ1v) is 2.47. The number of carbonyl (C=O) groups excluding carboxylic acids is 1. The Labute approximate surface area is 65.0 Å².